The van der Waals surface area contributed by atoms with E-state index in [1.165, 1.54) is 9.80 Å². The van der Waals surface area contributed by atoms with Crippen molar-refractivity contribution in [1.29, 1.82) is 0 Å². The van der Waals surface area contributed by atoms with Gasteiger partial charge in [-0.1, -0.05) is 0 Å². The van der Waals surface area contributed by atoms with E-state index in [9.17, 15) is 48.6 Å². The van der Waals surface area contributed by atoms with Gasteiger partial charge in [0.15, 0.2) is 0 Å². The topological polar surface area (TPSA) is 271 Å². The zero-order chi connectivity index (χ0) is 29.2. The number of carboxylic acids is 6. The van der Waals surface area contributed by atoms with Gasteiger partial charge < -0.3 is 40.4 Å². The lowest BCUT2D eigenvalue weighted by Gasteiger charge is -2.36. The minimum atomic E-state index is -1.75. The Kier molecular flexibility index (Phi) is 12.0. The van der Waals surface area contributed by atoms with E-state index in [1.807, 2.05) is 0 Å². The summed E-state index contributed by atoms with van der Waals surface area (Å²) in [6.07, 6.45) is -1.49. The van der Waals surface area contributed by atoms with Crippen LogP contribution in [0.25, 0.3) is 0 Å². The molecule has 0 aromatic carbocycles. The maximum absolute atomic E-state index is 12.7. The van der Waals surface area contributed by atoms with Crippen molar-refractivity contribution in [3.63, 3.8) is 0 Å². The molecule has 1 aliphatic heterocycles. The van der Waals surface area contributed by atoms with E-state index in [4.69, 9.17) is 20.4 Å². The first-order valence-corrected chi connectivity index (χ1v) is 11.0. The van der Waals surface area contributed by atoms with Gasteiger partial charge in [-0.15, -0.1) is 0 Å². The summed E-state index contributed by atoms with van der Waals surface area (Å²) in [5.74, 6) is -10.7. The molecular weight excluding hydrogens is 520 g/mol. The van der Waals surface area contributed by atoms with E-state index in [2.05, 4.69) is 0 Å². The highest BCUT2D eigenvalue weighted by Gasteiger charge is 2.36. The highest BCUT2D eigenvalue weighted by Crippen LogP contribution is 2.13. The van der Waals surface area contributed by atoms with Crippen molar-refractivity contribution in [3.8, 4) is 0 Å². The largest absolute Gasteiger partial charge is 0.480 e. The monoisotopic (exact) mass is 548 g/mol. The second kappa shape index (κ2) is 14.4. The van der Waals surface area contributed by atoms with Crippen molar-refractivity contribution in [2.24, 2.45) is 0 Å². The molecule has 212 valence electrons. The number of nitrogens with zero attached hydrogens (tertiary/aromatic N) is 4. The third kappa shape index (κ3) is 10.3. The number of carbonyl (C=O) groups is 8. The summed E-state index contributed by atoms with van der Waals surface area (Å²) in [7, 11) is 0. The quantitative estimate of drug-likeness (QED) is 0.108. The number of aliphatic carboxylic acids is 6. The molecule has 38 heavy (non-hydrogen) atoms. The van der Waals surface area contributed by atoms with Gasteiger partial charge in [0.2, 0.25) is 11.8 Å². The Labute approximate surface area is 214 Å². The van der Waals surface area contributed by atoms with Gasteiger partial charge in [-0.25, -0.2) is 0 Å². The zero-order valence-corrected chi connectivity index (χ0v) is 20.0. The van der Waals surface area contributed by atoms with Gasteiger partial charge in [-0.05, 0) is 0 Å². The second-order valence-electron chi connectivity index (χ2n) is 8.26. The van der Waals surface area contributed by atoms with Gasteiger partial charge in [0.25, 0.3) is 0 Å². The van der Waals surface area contributed by atoms with Crippen LogP contribution in [0.1, 0.15) is 12.8 Å². The molecule has 1 rings (SSSR count). The Hall–Kier alpha value is -4.32. The summed E-state index contributed by atoms with van der Waals surface area (Å²) < 4.78 is 0. The first kappa shape index (κ1) is 31.7. The highest BCUT2D eigenvalue weighted by molar-refractivity contribution is 5.87. The SMILES string of the molecule is O=C(O)CN(CC(=O)O)C(CC(=O)N1CCN(C(=O)CC(C(=O)O)N(CC(=O)O)CC(=O)O)CC1)C(=O)O. The summed E-state index contributed by atoms with van der Waals surface area (Å²) in [5.41, 5.74) is 0. The standard InChI is InChI=1S/C20H28N4O14/c25-13(5-11(19(35)36)23(7-15(27)28)8-16(29)30)21-1-2-22(4-3-21)14(26)6-12(20(37)38)24(9-17(31)32)10-18(33)34/h11-12H,1-10H2,(H,27,28)(H,29,30)(H,31,32)(H,33,34)(H,35,36)(H,37,38). The molecule has 18 nitrogen and oxygen atoms in total. The van der Waals surface area contributed by atoms with Gasteiger partial charge in [0, 0.05) is 26.2 Å². The lowest BCUT2D eigenvalue weighted by atomic mass is 10.1. The van der Waals surface area contributed by atoms with Gasteiger partial charge in [0.05, 0.1) is 39.0 Å². The zero-order valence-electron chi connectivity index (χ0n) is 20.0. The molecule has 2 amide bonds. The number of amides is 2. The van der Waals surface area contributed by atoms with E-state index in [1.54, 1.807) is 0 Å². The van der Waals surface area contributed by atoms with Gasteiger partial charge in [0.1, 0.15) is 12.1 Å². The fourth-order valence-electron chi connectivity index (χ4n) is 3.79. The van der Waals surface area contributed by atoms with Crippen LogP contribution in [0.15, 0.2) is 0 Å². The predicted molar refractivity (Wildman–Crippen MR) is 119 cm³/mol. The molecule has 0 saturated carbocycles. The smallest absolute Gasteiger partial charge is 0.321 e. The van der Waals surface area contributed by atoms with Gasteiger partial charge >= 0.3 is 35.8 Å². The van der Waals surface area contributed by atoms with Crippen LogP contribution in [0.4, 0.5) is 0 Å². The molecule has 0 spiro atoms. The minimum absolute atomic E-state index is 0.111. The molecule has 1 fully saturated rings. The lowest BCUT2D eigenvalue weighted by Crippen LogP contribution is -2.55. The third-order valence-electron chi connectivity index (χ3n) is 5.53. The lowest BCUT2D eigenvalue weighted by molar-refractivity contribution is -0.155. The Morgan fingerprint density at radius 2 is 0.737 bits per heavy atom. The fraction of sp³-hybridized carbons (Fsp3) is 0.600. The number of carboxylic acid groups (broad SMARTS) is 6. The number of piperazine rings is 1. The van der Waals surface area contributed by atoms with E-state index in [0.29, 0.717) is 9.80 Å². The first-order valence-electron chi connectivity index (χ1n) is 11.0. The van der Waals surface area contributed by atoms with Crippen LogP contribution in [0, 0.1) is 0 Å². The maximum Gasteiger partial charge on any atom is 0.321 e. The number of hydrogen-bond acceptors (Lipinski definition) is 10. The molecule has 0 aromatic heterocycles. The average molecular weight is 548 g/mol. The third-order valence-corrected chi connectivity index (χ3v) is 5.53. The fourth-order valence-corrected chi connectivity index (χ4v) is 3.79. The van der Waals surface area contributed by atoms with Crippen LogP contribution in [0.3, 0.4) is 0 Å². The van der Waals surface area contributed by atoms with E-state index < -0.39 is 98.7 Å². The summed E-state index contributed by atoms with van der Waals surface area (Å²) >= 11 is 0. The molecule has 0 aliphatic carbocycles. The molecule has 2 atom stereocenters. The highest BCUT2D eigenvalue weighted by atomic mass is 16.4. The van der Waals surface area contributed by atoms with Crippen LogP contribution >= 0.6 is 0 Å². The van der Waals surface area contributed by atoms with Crippen molar-refractivity contribution < 1.29 is 69.0 Å². The van der Waals surface area contributed by atoms with Gasteiger partial charge in [-0.3, -0.25) is 48.2 Å². The molecule has 0 aromatic rings. The molecule has 6 N–H and O–H groups in total. The molecule has 1 heterocycles. The van der Waals surface area contributed by atoms with Crippen molar-refractivity contribution in [2.75, 3.05) is 52.4 Å². The van der Waals surface area contributed by atoms with E-state index >= 15 is 0 Å². The Morgan fingerprint density at radius 3 is 0.921 bits per heavy atom. The number of carbonyl (C=O) groups excluding carboxylic acids is 2. The van der Waals surface area contributed by atoms with Crippen molar-refractivity contribution in [2.45, 2.75) is 24.9 Å². The summed E-state index contributed by atoms with van der Waals surface area (Å²) in [4.78, 5) is 96.2. The normalized spacial score (nSPS) is 15.1. The van der Waals surface area contributed by atoms with Crippen molar-refractivity contribution in [1.82, 2.24) is 19.6 Å². The molecule has 0 radical (unpaired) electrons. The Bertz CT molecular complexity index is 853. The van der Waals surface area contributed by atoms with E-state index in [-0.39, 0.29) is 26.2 Å². The Balaban J connectivity index is 2.84. The van der Waals surface area contributed by atoms with Crippen LogP contribution in [0.2, 0.25) is 0 Å². The predicted octanol–water partition coefficient (Wildman–Crippen LogP) is -3.71. The maximum atomic E-state index is 12.7. The number of rotatable bonds is 16. The van der Waals surface area contributed by atoms with Crippen molar-refractivity contribution >= 4 is 47.6 Å². The van der Waals surface area contributed by atoms with E-state index in [0.717, 1.165) is 0 Å². The molecular formula is C20H28N4O14. The minimum Gasteiger partial charge on any atom is -0.480 e. The molecule has 2 unspecified atom stereocenters. The van der Waals surface area contributed by atoms with Crippen LogP contribution in [0.5, 0.6) is 0 Å². The van der Waals surface area contributed by atoms with Crippen molar-refractivity contribution in [3.05, 3.63) is 0 Å². The number of hydrogen-bond donors (Lipinski definition) is 6. The van der Waals surface area contributed by atoms with Crippen LogP contribution in [-0.2, 0) is 38.4 Å². The molecule has 1 aliphatic rings. The molecule has 0 bridgehead atoms. The van der Waals surface area contributed by atoms with Crippen LogP contribution in [-0.4, -0.2) is 162 Å². The Morgan fingerprint density at radius 1 is 0.500 bits per heavy atom. The molecule has 1 saturated heterocycles. The van der Waals surface area contributed by atoms with Gasteiger partial charge in [-0.2, -0.15) is 0 Å². The first-order chi connectivity index (χ1) is 17.6. The summed E-state index contributed by atoms with van der Waals surface area (Å²) in [6.45, 7) is -4.20. The van der Waals surface area contributed by atoms with Crippen LogP contribution < -0.4 is 0 Å². The average Bonchev–Trinajstić information content (AvgIpc) is 2.78. The second-order valence-corrected chi connectivity index (χ2v) is 8.26. The molecule has 18 heteroatoms. The summed E-state index contributed by atoms with van der Waals surface area (Å²) in [5, 5.41) is 54.7. The summed E-state index contributed by atoms with van der Waals surface area (Å²) in [6, 6.07) is -3.50.